The molecule has 3 amide bonds. The normalized spacial score (nSPS) is 11.8. The van der Waals surface area contributed by atoms with Crippen LogP contribution in [0.1, 0.15) is 34.6 Å². The number of hydrogen-bond acceptors (Lipinski definition) is 3. The molecule has 0 spiro atoms. The van der Waals surface area contributed by atoms with E-state index < -0.39 is 6.03 Å². The molecule has 1 aromatic heterocycles. The van der Waals surface area contributed by atoms with Crippen LogP contribution in [0.2, 0.25) is 0 Å². The largest absolute Gasteiger partial charge is 0.351 e. The van der Waals surface area contributed by atoms with Crippen molar-refractivity contribution in [2.75, 3.05) is 5.32 Å². The van der Waals surface area contributed by atoms with E-state index in [2.05, 4.69) is 15.7 Å². The lowest BCUT2D eigenvalue weighted by Gasteiger charge is -2.14. The maximum absolute atomic E-state index is 12.3. The summed E-state index contributed by atoms with van der Waals surface area (Å²) in [4.78, 5) is 23.2. The molecular formula is C15H19N5O2. The van der Waals surface area contributed by atoms with E-state index in [1.807, 2.05) is 20.9 Å². The molecule has 7 heteroatoms. The Morgan fingerprint density at radius 2 is 2.09 bits per heavy atom. The molecule has 1 unspecified atom stereocenters. The van der Waals surface area contributed by atoms with Gasteiger partial charge in [-0.15, -0.1) is 0 Å². The lowest BCUT2D eigenvalue weighted by Crippen LogP contribution is -2.27. The first kappa shape index (κ1) is 15.6. The Morgan fingerprint density at radius 3 is 2.68 bits per heavy atom. The molecule has 1 atom stereocenters. The topological polar surface area (TPSA) is 102 Å². The zero-order valence-corrected chi connectivity index (χ0v) is 12.8. The second kappa shape index (κ2) is 6.30. The molecule has 0 fully saturated rings. The Bertz CT molecular complexity index is 708. The standard InChI is InChI=1S/C15H19N5O2/c1-9(13-8-17-20(3)10(13)2)18-14(21)11-5-4-6-12(7-11)19-15(16)22/h4-9H,1-3H3,(H,18,21)(H3,16,19,22). The van der Waals surface area contributed by atoms with Crippen molar-refractivity contribution in [2.24, 2.45) is 12.8 Å². The van der Waals surface area contributed by atoms with Gasteiger partial charge in [-0.05, 0) is 32.0 Å². The predicted octanol–water partition coefficient (Wildman–Crippen LogP) is 1.71. The molecule has 0 saturated heterocycles. The molecule has 1 aromatic carbocycles. The van der Waals surface area contributed by atoms with E-state index >= 15 is 0 Å². The summed E-state index contributed by atoms with van der Waals surface area (Å²) < 4.78 is 1.76. The van der Waals surface area contributed by atoms with Crippen LogP contribution in [0.15, 0.2) is 30.5 Å². The summed E-state index contributed by atoms with van der Waals surface area (Å²) in [5.74, 6) is -0.233. The summed E-state index contributed by atoms with van der Waals surface area (Å²) >= 11 is 0. The first-order valence-electron chi connectivity index (χ1n) is 6.84. The van der Waals surface area contributed by atoms with Crippen LogP contribution < -0.4 is 16.4 Å². The van der Waals surface area contributed by atoms with Gasteiger partial charge in [0.2, 0.25) is 0 Å². The summed E-state index contributed by atoms with van der Waals surface area (Å²) in [6.45, 7) is 3.84. The lowest BCUT2D eigenvalue weighted by molar-refractivity contribution is 0.0940. The number of nitrogens with zero attached hydrogens (tertiary/aromatic N) is 2. The van der Waals surface area contributed by atoms with Gasteiger partial charge in [0.25, 0.3) is 5.91 Å². The Kier molecular flexibility index (Phi) is 4.45. The van der Waals surface area contributed by atoms with Crippen LogP contribution in [-0.2, 0) is 7.05 Å². The highest BCUT2D eigenvalue weighted by atomic mass is 16.2. The monoisotopic (exact) mass is 301 g/mol. The molecule has 0 bridgehead atoms. The molecule has 0 aliphatic rings. The Morgan fingerprint density at radius 1 is 1.36 bits per heavy atom. The fourth-order valence-electron chi connectivity index (χ4n) is 2.18. The van der Waals surface area contributed by atoms with Gasteiger partial charge in [-0.25, -0.2) is 4.79 Å². The summed E-state index contributed by atoms with van der Waals surface area (Å²) in [6.07, 6.45) is 1.74. The highest BCUT2D eigenvalue weighted by Crippen LogP contribution is 2.17. The average Bonchev–Trinajstić information content (AvgIpc) is 2.78. The summed E-state index contributed by atoms with van der Waals surface area (Å²) in [5.41, 5.74) is 7.95. The second-order valence-corrected chi connectivity index (χ2v) is 5.07. The third-order valence-electron chi connectivity index (χ3n) is 3.48. The molecule has 0 aliphatic carbocycles. The number of benzene rings is 1. The molecule has 2 rings (SSSR count). The minimum Gasteiger partial charge on any atom is -0.351 e. The molecule has 2 aromatic rings. The summed E-state index contributed by atoms with van der Waals surface area (Å²) in [6, 6.07) is 5.75. The van der Waals surface area contributed by atoms with Gasteiger partial charge in [0.1, 0.15) is 0 Å². The molecular weight excluding hydrogens is 282 g/mol. The number of aromatic nitrogens is 2. The van der Waals surface area contributed by atoms with Crippen LogP contribution in [0.3, 0.4) is 0 Å². The van der Waals surface area contributed by atoms with Gasteiger partial charge in [-0.2, -0.15) is 5.10 Å². The Labute approximate surface area is 128 Å². The van der Waals surface area contributed by atoms with Gasteiger partial charge in [0.05, 0.1) is 12.2 Å². The van der Waals surface area contributed by atoms with E-state index in [1.54, 1.807) is 35.1 Å². The van der Waals surface area contributed by atoms with Crippen LogP contribution >= 0.6 is 0 Å². The summed E-state index contributed by atoms with van der Waals surface area (Å²) in [5, 5.41) is 9.52. The van der Waals surface area contributed by atoms with Gasteiger partial charge in [-0.1, -0.05) is 6.07 Å². The number of anilines is 1. The third kappa shape index (κ3) is 3.43. The molecule has 22 heavy (non-hydrogen) atoms. The molecule has 0 aliphatic heterocycles. The quantitative estimate of drug-likeness (QED) is 0.801. The minimum absolute atomic E-state index is 0.172. The number of nitrogens with one attached hydrogen (secondary N) is 2. The van der Waals surface area contributed by atoms with Gasteiger partial charge >= 0.3 is 6.03 Å². The van der Waals surface area contributed by atoms with E-state index in [4.69, 9.17) is 5.73 Å². The average molecular weight is 301 g/mol. The predicted molar refractivity (Wildman–Crippen MR) is 83.5 cm³/mol. The van der Waals surface area contributed by atoms with Gasteiger partial charge in [0.15, 0.2) is 0 Å². The number of aryl methyl sites for hydroxylation is 1. The van der Waals surface area contributed by atoms with Crippen molar-refractivity contribution < 1.29 is 9.59 Å². The zero-order valence-electron chi connectivity index (χ0n) is 12.8. The van der Waals surface area contributed by atoms with Crippen molar-refractivity contribution in [3.05, 3.63) is 47.3 Å². The number of amides is 3. The first-order chi connectivity index (χ1) is 10.4. The van der Waals surface area contributed by atoms with Crippen molar-refractivity contribution >= 4 is 17.6 Å². The second-order valence-electron chi connectivity index (χ2n) is 5.07. The molecule has 0 radical (unpaired) electrons. The number of hydrogen-bond donors (Lipinski definition) is 3. The van der Waals surface area contributed by atoms with E-state index in [-0.39, 0.29) is 11.9 Å². The van der Waals surface area contributed by atoms with Crippen LogP contribution in [0.5, 0.6) is 0 Å². The number of carbonyl (C=O) groups excluding carboxylic acids is 2. The fourth-order valence-corrected chi connectivity index (χ4v) is 2.18. The zero-order chi connectivity index (χ0) is 16.3. The first-order valence-corrected chi connectivity index (χ1v) is 6.84. The van der Waals surface area contributed by atoms with Crippen molar-refractivity contribution in [3.8, 4) is 0 Å². The maximum Gasteiger partial charge on any atom is 0.316 e. The minimum atomic E-state index is -0.670. The molecule has 4 N–H and O–H groups in total. The van der Waals surface area contributed by atoms with Crippen LogP contribution in [-0.4, -0.2) is 21.7 Å². The van der Waals surface area contributed by atoms with Crippen molar-refractivity contribution in [2.45, 2.75) is 19.9 Å². The lowest BCUT2D eigenvalue weighted by atomic mass is 10.1. The number of carbonyl (C=O) groups is 2. The van der Waals surface area contributed by atoms with Gasteiger partial charge in [-0.3, -0.25) is 9.48 Å². The SMILES string of the molecule is Cc1c(C(C)NC(=O)c2cccc(NC(N)=O)c2)cnn1C. The number of primary amides is 1. The number of urea groups is 1. The molecule has 116 valence electrons. The smallest absolute Gasteiger partial charge is 0.316 e. The molecule has 7 nitrogen and oxygen atoms in total. The van der Waals surface area contributed by atoms with Crippen LogP contribution in [0, 0.1) is 6.92 Å². The molecule has 0 saturated carbocycles. The van der Waals surface area contributed by atoms with Crippen molar-refractivity contribution in [1.82, 2.24) is 15.1 Å². The third-order valence-corrected chi connectivity index (χ3v) is 3.48. The van der Waals surface area contributed by atoms with Gasteiger partial charge in [0, 0.05) is 29.6 Å². The van der Waals surface area contributed by atoms with Crippen molar-refractivity contribution in [1.29, 1.82) is 0 Å². The van der Waals surface area contributed by atoms with Crippen LogP contribution in [0.25, 0.3) is 0 Å². The van der Waals surface area contributed by atoms with E-state index in [1.165, 1.54) is 0 Å². The fraction of sp³-hybridized carbons (Fsp3) is 0.267. The molecule has 1 heterocycles. The van der Waals surface area contributed by atoms with Crippen LogP contribution in [0.4, 0.5) is 10.5 Å². The van der Waals surface area contributed by atoms with Gasteiger partial charge < -0.3 is 16.4 Å². The van der Waals surface area contributed by atoms with Crippen molar-refractivity contribution in [3.63, 3.8) is 0 Å². The highest BCUT2D eigenvalue weighted by Gasteiger charge is 2.15. The van der Waals surface area contributed by atoms with E-state index in [0.717, 1.165) is 11.3 Å². The number of rotatable bonds is 4. The van der Waals surface area contributed by atoms with E-state index in [0.29, 0.717) is 11.3 Å². The summed E-state index contributed by atoms with van der Waals surface area (Å²) in [7, 11) is 1.85. The highest BCUT2D eigenvalue weighted by molar-refractivity contribution is 5.96. The van der Waals surface area contributed by atoms with E-state index in [9.17, 15) is 9.59 Å². The maximum atomic E-state index is 12.3. The Balaban J connectivity index is 2.12. The Hall–Kier alpha value is -2.83. The number of nitrogens with two attached hydrogens (primary N) is 1.